The topological polar surface area (TPSA) is 71.2 Å². The normalized spacial score (nSPS) is 14.3. The number of imidazole rings is 1. The average molecular weight is 344 g/mol. The van der Waals surface area contributed by atoms with Crippen molar-refractivity contribution in [1.29, 1.82) is 5.26 Å². The van der Waals surface area contributed by atoms with Gasteiger partial charge in [-0.05, 0) is 35.4 Å². The predicted molar refractivity (Wildman–Crippen MR) is 96.0 cm³/mol. The van der Waals surface area contributed by atoms with E-state index in [1.807, 2.05) is 41.1 Å². The number of amides is 1. The van der Waals surface area contributed by atoms with Gasteiger partial charge in [0.15, 0.2) is 6.61 Å². The van der Waals surface area contributed by atoms with Gasteiger partial charge in [-0.15, -0.1) is 0 Å². The fourth-order valence-corrected chi connectivity index (χ4v) is 3.16. The molecule has 0 aliphatic carbocycles. The Balaban J connectivity index is 1.82. The Morgan fingerprint density at radius 3 is 2.65 bits per heavy atom. The van der Waals surface area contributed by atoms with Crippen LogP contribution in [-0.2, 0) is 4.79 Å². The Morgan fingerprint density at radius 2 is 1.96 bits per heavy atom. The van der Waals surface area contributed by atoms with Crippen molar-refractivity contribution in [2.24, 2.45) is 0 Å². The summed E-state index contributed by atoms with van der Waals surface area (Å²) < 4.78 is 7.52. The number of aromatic nitrogens is 2. The molecule has 1 amide bonds. The maximum absolute atomic E-state index is 12.0. The Morgan fingerprint density at radius 1 is 1.19 bits per heavy atom. The largest absolute Gasteiger partial charge is 0.482 e. The number of nitrogens with zero attached hydrogens (tertiary/aromatic N) is 4. The molecule has 0 radical (unpaired) electrons. The van der Waals surface area contributed by atoms with Crippen molar-refractivity contribution in [2.45, 2.75) is 6.04 Å². The van der Waals surface area contributed by atoms with Gasteiger partial charge in [0.05, 0.1) is 29.7 Å². The van der Waals surface area contributed by atoms with E-state index >= 15 is 0 Å². The van der Waals surface area contributed by atoms with Crippen LogP contribution in [0.15, 0.2) is 61.2 Å². The van der Waals surface area contributed by atoms with E-state index in [0.29, 0.717) is 11.3 Å². The molecule has 1 aliphatic heterocycles. The molecule has 0 N–H and O–H groups in total. The number of carbonyl (C=O) groups excluding carboxylic acids is 1. The fourth-order valence-electron chi connectivity index (χ4n) is 3.16. The number of hydrogen-bond acceptors (Lipinski definition) is 4. The minimum absolute atomic E-state index is 0.0589. The van der Waals surface area contributed by atoms with Crippen molar-refractivity contribution in [3.63, 3.8) is 0 Å². The smallest absolute Gasteiger partial charge is 0.264 e. The van der Waals surface area contributed by atoms with Crippen LogP contribution in [0.2, 0.25) is 0 Å². The van der Waals surface area contributed by atoms with Crippen LogP contribution in [0.5, 0.6) is 5.75 Å². The van der Waals surface area contributed by atoms with Crippen molar-refractivity contribution < 1.29 is 9.53 Å². The number of nitriles is 1. The number of fused-ring (bicyclic) bond motifs is 1. The second-order valence-electron chi connectivity index (χ2n) is 6.11. The summed E-state index contributed by atoms with van der Waals surface area (Å²) >= 11 is 0. The molecule has 0 spiro atoms. The van der Waals surface area contributed by atoms with Gasteiger partial charge < -0.3 is 14.2 Å². The van der Waals surface area contributed by atoms with Gasteiger partial charge in [-0.2, -0.15) is 5.26 Å². The highest BCUT2D eigenvalue weighted by atomic mass is 16.5. The molecule has 6 heteroatoms. The van der Waals surface area contributed by atoms with E-state index in [1.165, 1.54) is 0 Å². The summed E-state index contributed by atoms with van der Waals surface area (Å²) in [6.07, 6.45) is 5.38. The molecule has 0 saturated heterocycles. The molecule has 2 heterocycles. The van der Waals surface area contributed by atoms with Gasteiger partial charge >= 0.3 is 0 Å². The maximum atomic E-state index is 12.0. The van der Waals surface area contributed by atoms with Gasteiger partial charge in [0.25, 0.3) is 5.91 Å². The third kappa shape index (κ3) is 2.70. The fraction of sp³-hybridized carbons (Fsp3) is 0.150. The summed E-state index contributed by atoms with van der Waals surface area (Å²) in [6.45, 7) is 0.0589. The molecule has 1 atom stereocenters. The SMILES string of the molecule is CN1C(=O)COc2ccc(C(c3ccc(C#N)cc3)n3ccnc3)cc21. The number of benzene rings is 2. The number of rotatable bonds is 3. The van der Waals surface area contributed by atoms with Crippen molar-refractivity contribution >= 4 is 11.6 Å². The molecular weight excluding hydrogens is 328 g/mol. The molecular formula is C20H16N4O2. The van der Waals surface area contributed by atoms with E-state index in [1.54, 1.807) is 36.6 Å². The molecule has 128 valence electrons. The van der Waals surface area contributed by atoms with Gasteiger partial charge in [-0.1, -0.05) is 18.2 Å². The Bertz CT molecular complexity index is 988. The van der Waals surface area contributed by atoms with Gasteiger partial charge in [-0.3, -0.25) is 4.79 Å². The Kier molecular flexibility index (Phi) is 3.90. The number of ether oxygens (including phenoxy) is 1. The van der Waals surface area contributed by atoms with E-state index in [9.17, 15) is 4.79 Å². The molecule has 3 aromatic rings. The van der Waals surface area contributed by atoms with E-state index in [4.69, 9.17) is 10.00 Å². The summed E-state index contributed by atoms with van der Waals surface area (Å²) in [5.74, 6) is 0.618. The zero-order valence-corrected chi connectivity index (χ0v) is 14.2. The van der Waals surface area contributed by atoms with Crippen LogP contribution in [0.1, 0.15) is 22.7 Å². The first-order valence-electron chi connectivity index (χ1n) is 8.18. The van der Waals surface area contributed by atoms with Gasteiger partial charge in [0, 0.05) is 19.4 Å². The van der Waals surface area contributed by atoms with Crippen molar-refractivity contribution in [2.75, 3.05) is 18.6 Å². The summed E-state index contributed by atoms with van der Waals surface area (Å²) in [4.78, 5) is 17.7. The first-order chi connectivity index (χ1) is 12.7. The predicted octanol–water partition coefficient (Wildman–Crippen LogP) is 2.75. The Hall–Kier alpha value is -3.59. The van der Waals surface area contributed by atoms with Crippen molar-refractivity contribution in [3.8, 4) is 11.8 Å². The van der Waals surface area contributed by atoms with E-state index in [0.717, 1.165) is 16.8 Å². The van der Waals surface area contributed by atoms with E-state index in [2.05, 4.69) is 11.1 Å². The number of likely N-dealkylation sites (N-methyl/N-ethyl adjacent to an activating group) is 1. The molecule has 6 nitrogen and oxygen atoms in total. The lowest BCUT2D eigenvalue weighted by molar-refractivity contribution is -0.120. The lowest BCUT2D eigenvalue weighted by atomic mass is 9.96. The Labute approximate surface area is 150 Å². The van der Waals surface area contributed by atoms with E-state index < -0.39 is 0 Å². The minimum Gasteiger partial charge on any atom is -0.482 e. The van der Waals surface area contributed by atoms with Crippen LogP contribution in [0.25, 0.3) is 0 Å². The highest BCUT2D eigenvalue weighted by Gasteiger charge is 2.25. The third-order valence-corrected chi connectivity index (χ3v) is 4.56. The van der Waals surface area contributed by atoms with Crippen LogP contribution in [0, 0.1) is 11.3 Å². The van der Waals surface area contributed by atoms with Crippen LogP contribution < -0.4 is 9.64 Å². The molecule has 2 aromatic carbocycles. The van der Waals surface area contributed by atoms with Crippen molar-refractivity contribution in [1.82, 2.24) is 9.55 Å². The lowest BCUT2D eigenvalue weighted by Crippen LogP contribution is -2.35. The first-order valence-corrected chi connectivity index (χ1v) is 8.18. The van der Waals surface area contributed by atoms with Gasteiger partial charge in [0.2, 0.25) is 0 Å². The highest BCUT2D eigenvalue weighted by Crippen LogP contribution is 2.36. The molecule has 0 bridgehead atoms. The van der Waals surface area contributed by atoms with Crippen LogP contribution in [0.3, 0.4) is 0 Å². The summed E-state index contributed by atoms with van der Waals surface area (Å²) in [5.41, 5.74) is 3.38. The quantitative estimate of drug-likeness (QED) is 0.732. The lowest BCUT2D eigenvalue weighted by Gasteiger charge is -2.28. The summed E-state index contributed by atoms with van der Waals surface area (Å²) in [6, 6.07) is 15.3. The molecule has 1 unspecified atom stereocenters. The van der Waals surface area contributed by atoms with Gasteiger partial charge in [-0.25, -0.2) is 4.98 Å². The minimum atomic E-state index is -0.124. The standard InChI is InChI=1S/C20H16N4O2/c1-23-17-10-16(6-7-18(17)26-12-19(23)25)20(24-9-8-22-13-24)15-4-2-14(11-21)3-5-15/h2-10,13,20H,12H2,1H3. The first kappa shape index (κ1) is 15.9. The summed E-state index contributed by atoms with van der Waals surface area (Å²) in [7, 11) is 1.75. The molecule has 1 aliphatic rings. The van der Waals surface area contributed by atoms with Crippen molar-refractivity contribution in [3.05, 3.63) is 77.9 Å². The number of hydrogen-bond donors (Lipinski definition) is 0. The van der Waals surface area contributed by atoms with E-state index in [-0.39, 0.29) is 18.6 Å². The number of carbonyl (C=O) groups is 1. The zero-order chi connectivity index (χ0) is 18.1. The average Bonchev–Trinajstić information content (AvgIpc) is 3.20. The zero-order valence-electron chi connectivity index (χ0n) is 14.2. The van der Waals surface area contributed by atoms with Gasteiger partial charge in [0.1, 0.15) is 5.75 Å². The van der Waals surface area contributed by atoms with Crippen LogP contribution in [-0.4, -0.2) is 29.1 Å². The monoisotopic (exact) mass is 344 g/mol. The molecule has 0 saturated carbocycles. The van der Waals surface area contributed by atoms with Crippen LogP contribution >= 0.6 is 0 Å². The second-order valence-corrected chi connectivity index (χ2v) is 6.11. The second kappa shape index (κ2) is 6.37. The highest BCUT2D eigenvalue weighted by molar-refractivity contribution is 5.97. The maximum Gasteiger partial charge on any atom is 0.264 e. The molecule has 0 fully saturated rings. The number of anilines is 1. The molecule has 26 heavy (non-hydrogen) atoms. The third-order valence-electron chi connectivity index (χ3n) is 4.56. The molecule has 4 rings (SSSR count). The summed E-state index contributed by atoms with van der Waals surface area (Å²) in [5, 5.41) is 9.04. The van der Waals surface area contributed by atoms with Crippen LogP contribution in [0.4, 0.5) is 5.69 Å². The molecule has 1 aromatic heterocycles.